The van der Waals surface area contributed by atoms with Crippen molar-refractivity contribution in [1.29, 1.82) is 0 Å². The number of pyridine rings is 1. The highest BCUT2D eigenvalue weighted by Crippen LogP contribution is 2.35. The van der Waals surface area contributed by atoms with E-state index >= 15 is 0 Å². The van der Waals surface area contributed by atoms with Crippen molar-refractivity contribution in [2.24, 2.45) is 17.6 Å². The number of carbonyl (C=O) groups is 1. The quantitative estimate of drug-likeness (QED) is 0.312. The third-order valence-corrected chi connectivity index (χ3v) is 7.96. The highest BCUT2D eigenvalue weighted by Gasteiger charge is 2.29. The number of nitrogens with two attached hydrogens (primary N) is 1. The lowest BCUT2D eigenvalue weighted by atomic mass is 9.80. The second-order valence-corrected chi connectivity index (χ2v) is 11.1. The number of rotatable bonds is 14. The average Bonchev–Trinajstić information content (AvgIpc) is 2.86. The molecular formula is C30H47N3O3. The number of benzene rings is 1. The number of aromatic nitrogens is 1. The molecule has 2 aromatic rings. The molecule has 0 saturated carbocycles. The summed E-state index contributed by atoms with van der Waals surface area (Å²) in [6.07, 6.45) is 12.0. The topological polar surface area (TPSA) is 88.7 Å². The maximum Gasteiger partial charge on any atom is 0.261 e. The van der Waals surface area contributed by atoms with Gasteiger partial charge in [-0.1, -0.05) is 46.0 Å². The Morgan fingerprint density at radius 2 is 1.97 bits per heavy atom. The first-order valence-corrected chi connectivity index (χ1v) is 14.0. The molecule has 0 aliphatic carbocycles. The Kier molecular flexibility index (Phi) is 10.6. The van der Waals surface area contributed by atoms with Gasteiger partial charge in [-0.2, -0.15) is 0 Å². The molecule has 6 heteroatoms. The van der Waals surface area contributed by atoms with Gasteiger partial charge in [0.05, 0.1) is 11.6 Å². The molecule has 1 aliphatic heterocycles. The zero-order chi connectivity index (χ0) is 26.1. The molecule has 0 radical (unpaired) electrons. The van der Waals surface area contributed by atoms with E-state index in [4.69, 9.17) is 10.5 Å². The highest BCUT2D eigenvalue weighted by molar-refractivity contribution is 5.85. The van der Waals surface area contributed by atoms with E-state index in [1.165, 1.54) is 64.6 Å². The standard InChI is InChI=1S/C30H47N3O3/c1-5-7-8-9-10-18-33-19-16-23(22(6-2)21-33)11-14-28(34)25-15-17-32-27-13-12-24(20-26(25)27)36-30(3,4)29(31)35/h12-13,15,17,20,22-23,28,34H,5-11,14,16,18-19,21H2,1-4H3,(H2,31,35). The van der Waals surface area contributed by atoms with Crippen LogP contribution in [-0.2, 0) is 4.79 Å². The number of aliphatic hydroxyl groups excluding tert-OH is 1. The number of aliphatic hydroxyl groups is 1. The summed E-state index contributed by atoms with van der Waals surface area (Å²) in [7, 11) is 0. The fourth-order valence-electron chi connectivity index (χ4n) is 5.51. The Labute approximate surface area is 217 Å². The van der Waals surface area contributed by atoms with Crippen LogP contribution in [0.5, 0.6) is 5.75 Å². The van der Waals surface area contributed by atoms with Gasteiger partial charge in [0.1, 0.15) is 5.75 Å². The number of hydrogen-bond donors (Lipinski definition) is 2. The van der Waals surface area contributed by atoms with Crippen LogP contribution in [0.2, 0.25) is 0 Å². The molecule has 3 rings (SSSR count). The summed E-state index contributed by atoms with van der Waals surface area (Å²) in [5.41, 5.74) is 6.02. The number of fused-ring (bicyclic) bond motifs is 1. The fourth-order valence-corrected chi connectivity index (χ4v) is 5.51. The monoisotopic (exact) mass is 497 g/mol. The Morgan fingerprint density at radius 3 is 2.69 bits per heavy atom. The number of ether oxygens (including phenoxy) is 1. The molecule has 1 fully saturated rings. The van der Waals surface area contributed by atoms with Gasteiger partial charge < -0.3 is 20.5 Å². The Bertz CT molecular complexity index is 977. The van der Waals surface area contributed by atoms with E-state index in [0.717, 1.165) is 29.3 Å². The van der Waals surface area contributed by atoms with Crippen LogP contribution in [0.3, 0.4) is 0 Å². The molecule has 6 nitrogen and oxygen atoms in total. The number of nitrogens with zero attached hydrogens (tertiary/aromatic N) is 2. The van der Waals surface area contributed by atoms with Gasteiger partial charge in [-0.15, -0.1) is 0 Å². The van der Waals surface area contributed by atoms with Gasteiger partial charge in [0.2, 0.25) is 0 Å². The Balaban J connectivity index is 1.60. The summed E-state index contributed by atoms with van der Waals surface area (Å²) in [6.45, 7) is 11.5. The first-order chi connectivity index (χ1) is 17.2. The molecule has 3 atom stereocenters. The number of piperidine rings is 1. The molecule has 36 heavy (non-hydrogen) atoms. The number of carbonyl (C=O) groups excluding carboxylic acids is 1. The van der Waals surface area contributed by atoms with Gasteiger partial charge in [-0.3, -0.25) is 9.78 Å². The summed E-state index contributed by atoms with van der Waals surface area (Å²) in [4.78, 5) is 18.8. The van der Waals surface area contributed by atoms with Crippen molar-refractivity contribution in [3.63, 3.8) is 0 Å². The lowest BCUT2D eigenvalue weighted by Gasteiger charge is -2.39. The van der Waals surface area contributed by atoms with Crippen LogP contribution in [-0.4, -0.2) is 46.1 Å². The maximum absolute atomic E-state index is 11.7. The smallest absolute Gasteiger partial charge is 0.261 e. The van der Waals surface area contributed by atoms with Crippen molar-refractivity contribution in [3.05, 3.63) is 36.0 Å². The minimum absolute atomic E-state index is 0.526. The van der Waals surface area contributed by atoms with Crippen molar-refractivity contribution in [2.75, 3.05) is 19.6 Å². The first kappa shape index (κ1) is 28.4. The van der Waals surface area contributed by atoms with Crippen molar-refractivity contribution in [2.45, 2.75) is 97.2 Å². The van der Waals surface area contributed by atoms with Crippen LogP contribution in [0.15, 0.2) is 30.5 Å². The number of amides is 1. The van der Waals surface area contributed by atoms with E-state index in [1.54, 1.807) is 26.1 Å². The molecule has 1 aromatic carbocycles. The van der Waals surface area contributed by atoms with E-state index < -0.39 is 17.6 Å². The van der Waals surface area contributed by atoms with Crippen molar-refractivity contribution in [1.82, 2.24) is 9.88 Å². The highest BCUT2D eigenvalue weighted by atomic mass is 16.5. The van der Waals surface area contributed by atoms with Crippen LogP contribution in [0.1, 0.15) is 97.1 Å². The second kappa shape index (κ2) is 13.4. The van der Waals surface area contributed by atoms with E-state index in [1.807, 2.05) is 18.2 Å². The molecular weight excluding hydrogens is 450 g/mol. The number of likely N-dealkylation sites (tertiary alicyclic amines) is 1. The average molecular weight is 498 g/mol. The molecule has 3 unspecified atom stereocenters. The van der Waals surface area contributed by atoms with Gasteiger partial charge in [-0.25, -0.2) is 0 Å². The van der Waals surface area contributed by atoms with Gasteiger partial charge in [0, 0.05) is 18.1 Å². The Hall–Kier alpha value is -2.18. The van der Waals surface area contributed by atoms with Gasteiger partial charge >= 0.3 is 0 Å². The maximum atomic E-state index is 11.7. The lowest BCUT2D eigenvalue weighted by Crippen LogP contribution is -2.43. The number of unbranched alkanes of at least 4 members (excludes halogenated alkanes) is 4. The van der Waals surface area contributed by atoms with E-state index in [9.17, 15) is 9.90 Å². The van der Waals surface area contributed by atoms with Crippen molar-refractivity contribution in [3.8, 4) is 5.75 Å². The molecule has 1 saturated heterocycles. The van der Waals surface area contributed by atoms with Crippen LogP contribution < -0.4 is 10.5 Å². The SMILES string of the molecule is CCCCCCCN1CCC(CCC(O)c2ccnc3ccc(OC(C)(C)C(N)=O)cc23)C(CC)C1. The van der Waals surface area contributed by atoms with Crippen LogP contribution in [0, 0.1) is 11.8 Å². The minimum Gasteiger partial charge on any atom is -0.478 e. The molecule has 200 valence electrons. The summed E-state index contributed by atoms with van der Waals surface area (Å²) in [6, 6.07) is 7.41. The van der Waals surface area contributed by atoms with E-state index in [-0.39, 0.29) is 0 Å². The normalized spacial score (nSPS) is 19.9. The molecule has 0 spiro atoms. The molecule has 1 aliphatic rings. The fraction of sp³-hybridized carbons (Fsp3) is 0.667. The minimum atomic E-state index is -1.12. The van der Waals surface area contributed by atoms with Crippen molar-refractivity contribution >= 4 is 16.8 Å². The summed E-state index contributed by atoms with van der Waals surface area (Å²) < 4.78 is 5.86. The molecule has 3 N–H and O–H groups in total. The second-order valence-electron chi connectivity index (χ2n) is 11.1. The summed E-state index contributed by atoms with van der Waals surface area (Å²) in [5.74, 6) is 1.37. The summed E-state index contributed by atoms with van der Waals surface area (Å²) in [5, 5.41) is 12.1. The van der Waals surface area contributed by atoms with E-state index in [2.05, 4.69) is 23.7 Å². The molecule has 1 aromatic heterocycles. The lowest BCUT2D eigenvalue weighted by molar-refractivity contribution is -0.130. The Morgan fingerprint density at radius 1 is 1.19 bits per heavy atom. The number of hydrogen-bond acceptors (Lipinski definition) is 5. The summed E-state index contributed by atoms with van der Waals surface area (Å²) >= 11 is 0. The van der Waals surface area contributed by atoms with Crippen LogP contribution in [0.25, 0.3) is 10.9 Å². The zero-order valence-corrected chi connectivity index (χ0v) is 22.8. The molecule has 0 bridgehead atoms. The van der Waals surface area contributed by atoms with Crippen molar-refractivity contribution < 1.29 is 14.6 Å². The van der Waals surface area contributed by atoms with Crippen LogP contribution in [0.4, 0.5) is 0 Å². The van der Waals surface area contributed by atoms with Gasteiger partial charge in [0.15, 0.2) is 5.60 Å². The first-order valence-electron chi connectivity index (χ1n) is 14.0. The number of primary amides is 1. The van der Waals surface area contributed by atoms with Crippen LogP contribution >= 0.6 is 0 Å². The molecule has 1 amide bonds. The van der Waals surface area contributed by atoms with E-state index in [0.29, 0.717) is 17.6 Å². The largest absolute Gasteiger partial charge is 0.478 e. The predicted octanol–water partition coefficient (Wildman–Crippen LogP) is 6.01. The van der Waals surface area contributed by atoms with Gasteiger partial charge in [-0.05, 0) is 94.3 Å². The third-order valence-electron chi connectivity index (χ3n) is 7.96. The van der Waals surface area contributed by atoms with Gasteiger partial charge in [0.25, 0.3) is 5.91 Å². The predicted molar refractivity (Wildman–Crippen MR) is 147 cm³/mol. The molecule has 2 heterocycles. The third kappa shape index (κ3) is 7.66. The zero-order valence-electron chi connectivity index (χ0n) is 22.8.